The Morgan fingerprint density at radius 1 is 0.800 bits per heavy atom. The van der Waals surface area contributed by atoms with Crippen molar-refractivity contribution in [1.82, 2.24) is 0 Å². The van der Waals surface area contributed by atoms with Crippen LogP contribution in [0, 0.1) is 0 Å². The van der Waals surface area contributed by atoms with Crippen molar-refractivity contribution in [3.8, 4) is 11.5 Å². The zero-order chi connectivity index (χ0) is 17.5. The predicted molar refractivity (Wildman–Crippen MR) is 98.5 cm³/mol. The standard InChI is InChI=1S/C22H20O3/c1-24-21-9-5-8-19(15-21)22(23)16-25-20-12-10-18(11-13-20)14-17-6-3-2-4-7-17/h2-13,15H,14,16H2,1H3. The highest BCUT2D eigenvalue weighted by atomic mass is 16.5. The van der Waals surface area contributed by atoms with E-state index in [1.54, 1.807) is 25.3 Å². The van der Waals surface area contributed by atoms with Crippen molar-refractivity contribution < 1.29 is 14.3 Å². The Bertz CT molecular complexity index is 823. The van der Waals surface area contributed by atoms with Gasteiger partial charge in [0.15, 0.2) is 12.4 Å². The summed E-state index contributed by atoms with van der Waals surface area (Å²) < 4.78 is 10.7. The summed E-state index contributed by atoms with van der Waals surface area (Å²) >= 11 is 0. The largest absolute Gasteiger partial charge is 0.497 e. The number of ether oxygens (including phenoxy) is 2. The van der Waals surface area contributed by atoms with E-state index < -0.39 is 0 Å². The minimum Gasteiger partial charge on any atom is -0.497 e. The number of hydrogen-bond acceptors (Lipinski definition) is 3. The molecule has 0 unspecified atom stereocenters. The van der Waals surface area contributed by atoms with E-state index in [1.807, 2.05) is 48.5 Å². The minimum atomic E-state index is -0.0766. The molecule has 0 saturated carbocycles. The SMILES string of the molecule is COc1cccc(C(=O)COc2ccc(Cc3ccccc3)cc2)c1. The molecule has 0 spiro atoms. The first-order chi connectivity index (χ1) is 12.2. The monoisotopic (exact) mass is 332 g/mol. The van der Waals surface area contributed by atoms with Gasteiger partial charge < -0.3 is 9.47 Å². The van der Waals surface area contributed by atoms with Crippen molar-refractivity contribution in [2.75, 3.05) is 13.7 Å². The lowest BCUT2D eigenvalue weighted by Crippen LogP contribution is -2.11. The van der Waals surface area contributed by atoms with Crippen LogP contribution in [0.4, 0.5) is 0 Å². The molecule has 3 heteroatoms. The molecule has 0 aliphatic carbocycles. The van der Waals surface area contributed by atoms with Gasteiger partial charge in [0.05, 0.1) is 7.11 Å². The molecular formula is C22H20O3. The lowest BCUT2D eigenvalue weighted by atomic mass is 10.1. The van der Waals surface area contributed by atoms with Crippen LogP contribution in [0.1, 0.15) is 21.5 Å². The number of rotatable bonds is 7. The zero-order valence-corrected chi connectivity index (χ0v) is 14.1. The van der Waals surface area contributed by atoms with Crippen molar-refractivity contribution >= 4 is 5.78 Å². The highest BCUT2D eigenvalue weighted by Crippen LogP contribution is 2.17. The van der Waals surface area contributed by atoms with Crippen LogP contribution < -0.4 is 9.47 Å². The summed E-state index contributed by atoms with van der Waals surface area (Å²) in [4.78, 5) is 12.2. The molecule has 3 aromatic carbocycles. The summed E-state index contributed by atoms with van der Waals surface area (Å²) in [5.74, 6) is 1.27. The van der Waals surface area contributed by atoms with E-state index in [4.69, 9.17) is 9.47 Å². The van der Waals surface area contributed by atoms with Crippen molar-refractivity contribution in [2.24, 2.45) is 0 Å². The Labute approximate surface area is 147 Å². The number of Topliss-reactive ketones (excluding diaryl/α,β-unsaturated/α-hetero) is 1. The highest BCUT2D eigenvalue weighted by Gasteiger charge is 2.08. The molecule has 0 N–H and O–H groups in total. The molecule has 0 aromatic heterocycles. The molecule has 0 radical (unpaired) electrons. The quantitative estimate of drug-likeness (QED) is 0.596. The van der Waals surface area contributed by atoms with Gasteiger partial charge in [-0.1, -0.05) is 54.6 Å². The maximum atomic E-state index is 12.2. The van der Waals surface area contributed by atoms with Crippen molar-refractivity contribution in [3.05, 3.63) is 95.6 Å². The molecular weight excluding hydrogens is 312 g/mol. The molecule has 0 amide bonds. The smallest absolute Gasteiger partial charge is 0.200 e. The van der Waals surface area contributed by atoms with Crippen LogP contribution >= 0.6 is 0 Å². The van der Waals surface area contributed by atoms with Crippen LogP contribution in [0.15, 0.2) is 78.9 Å². The highest BCUT2D eigenvalue weighted by molar-refractivity contribution is 5.97. The van der Waals surface area contributed by atoms with E-state index in [0.717, 1.165) is 6.42 Å². The van der Waals surface area contributed by atoms with Crippen molar-refractivity contribution in [3.63, 3.8) is 0 Å². The maximum Gasteiger partial charge on any atom is 0.200 e. The Morgan fingerprint density at radius 3 is 2.24 bits per heavy atom. The number of ketones is 1. The van der Waals surface area contributed by atoms with Crippen LogP contribution in [0.3, 0.4) is 0 Å². The second-order valence-corrected chi connectivity index (χ2v) is 5.75. The molecule has 3 nitrogen and oxygen atoms in total. The van der Waals surface area contributed by atoms with E-state index in [2.05, 4.69) is 12.1 Å². The van der Waals surface area contributed by atoms with Crippen molar-refractivity contribution in [1.29, 1.82) is 0 Å². The fourth-order valence-corrected chi connectivity index (χ4v) is 2.56. The molecule has 3 rings (SSSR count). The van der Waals surface area contributed by atoms with Gasteiger partial charge in [-0.25, -0.2) is 0 Å². The Hall–Kier alpha value is -3.07. The number of methoxy groups -OCH3 is 1. The summed E-state index contributed by atoms with van der Waals surface area (Å²) in [7, 11) is 1.58. The Kier molecular flexibility index (Phi) is 5.47. The first-order valence-corrected chi connectivity index (χ1v) is 8.17. The third-order valence-corrected chi connectivity index (χ3v) is 3.94. The number of carbonyl (C=O) groups excluding carboxylic acids is 1. The molecule has 25 heavy (non-hydrogen) atoms. The lowest BCUT2D eigenvalue weighted by Gasteiger charge is -2.08. The second-order valence-electron chi connectivity index (χ2n) is 5.75. The fraction of sp³-hybridized carbons (Fsp3) is 0.136. The third kappa shape index (κ3) is 4.70. The molecule has 3 aromatic rings. The number of benzene rings is 3. The predicted octanol–water partition coefficient (Wildman–Crippen LogP) is 4.55. The van der Waals surface area contributed by atoms with Gasteiger partial charge in [-0.2, -0.15) is 0 Å². The Balaban J connectivity index is 1.57. The van der Waals surface area contributed by atoms with Crippen LogP contribution in [-0.4, -0.2) is 19.5 Å². The normalized spacial score (nSPS) is 10.3. The van der Waals surface area contributed by atoms with Gasteiger partial charge in [0.1, 0.15) is 11.5 Å². The van der Waals surface area contributed by atoms with Crippen molar-refractivity contribution in [2.45, 2.75) is 6.42 Å². The van der Waals surface area contributed by atoms with Crippen LogP contribution in [0.25, 0.3) is 0 Å². The number of carbonyl (C=O) groups is 1. The molecule has 0 aliphatic heterocycles. The van der Waals surface area contributed by atoms with Gasteiger partial charge in [-0.3, -0.25) is 4.79 Å². The average molecular weight is 332 g/mol. The molecule has 0 aliphatic rings. The summed E-state index contributed by atoms with van der Waals surface area (Å²) in [6.07, 6.45) is 0.879. The van der Waals surface area contributed by atoms with Crippen LogP contribution in [0.2, 0.25) is 0 Å². The molecule has 0 saturated heterocycles. The lowest BCUT2D eigenvalue weighted by molar-refractivity contribution is 0.0921. The summed E-state index contributed by atoms with van der Waals surface area (Å²) in [5, 5.41) is 0. The van der Waals surface area contributed by atoms with Gasteiger partial charge in [0.2, 0.25) is 0 Å². The van der Waals surface area contributed by atoms with E-state index in [0.29, 0.717) is 17.1 Å². The van der Waals surface area contributed by atoms with Gasteiger partial charge in [-0.05, 0) is 41.8 Å². The van der Waals surface area contributed by atoms with E-state index >= 15 is 0 Å². The molecule has 0 heterocycles. The molecule has 0 bridgehead atoms. The van der Waals surface area contributed by atoms with Crippen LogP contribution in [-0.2, 0) is 6.42 Å². The first-order valence-electron chi connectivity index (χ1n) is 8.17. The van der Waals surface area contributed by atoms with Crippen LogP contribution in [0.5, 0.6) is 11.5 Å². The summed E-state index contributed by atoms with van der Waals surface area (Å²) in [6.45, 7) is 0.00516. The fourth-order valence-electron chi connectivity index (χ4n) is 2.56. The molecule has 126 valence electrons. The van der Waals surface area contributed by atoms with Gasteiger partial charge in [0, 0.05) is 5.56 Å². The Morgan fingerprint density at radius 2 is 1.52 bits per heavy atom. The third-order valence-electron chi connectivity index (χ3n) is 3.94. The van der Waals surface area contributed by atoms with Gasteiger partial charge in [0.25, 0.3) is 0 Å². The van der Waals surface area contributed by atoms with E-state index in [-0.39, 0.29) is 12.4 Å². The minimum absolute atomic E-state index is 0.00516. The van der Waals surface area contributed by atoms with E-state index in [1.165, 1.54) is 11.1 Å². The summed E-state index contributed by atoms with van der Waals surface area (Å²) in [5.41, 5.74) is 3.06. The molecule has 0 atom stereocenters. The first kappa shape index (κ1) is 16.8. The van der Waals surface area contributed by atoms with E-state index in [9.17, 15) is 4.79 Å². The maximum absolute atomic E-state index is 12.2. The second kappa shape index (κ2) is 8.15. The van der Waals surface area contributed by atoms with Gasteiger partial charge in [-0.15, -0.1) is 0 Å². The number of hydrogen-bond donors (Lipinski definition) is 0. The van der Waals surface area contributed by atoms with Gasteiger partial charge >= 0.3 is 0 Å². The average Bonchev–Trinajstić information content (AvgIpc) is 2.68. The zero-order valence-electron chi connectivity index (χ0n) is 14.1. The topological polar surface area (TPSA) is 35.5 Å². The molecule has 0 fully saturated rings. The summed E-state index contributed by atoms with van der Waals surface area (Å²) in [6, 6.07) is 25.2.